The lowest BCUT2D eigenvalue weighted by atomic mass is 10.1. The molecule has 8 nitrogen and oxygen atoms in total. The Morgan fingerprint density at radius 1 is 0.944 bits per heavy atom. The van der Waals surface area contributed by atoms with Crippen LogP contribution in [0.5, 0.6) is 11.5 Å². The molecule has 1 atom stereocenters. The maximum Gasteiger partial charge on any atom is 0.332 e. The summed E-state index contributed by atoms with van der Waals surface area (Å²) in [7, 11) is 1.55. The van der Waals surface area contributed by atoms with Gasteiger partial charge in [-0.15, -0.1) is 0 Å². The number of carbonyl (C=O) groups is 3. The highest BCUT2D eigenvalue weighted by atomic mass is 19.1. The van der Waals surface area contributed by atoms with E-state index < -0.39 is 29.7 Å². The summed E-state index contributed by atoms with van der Waals surface area (Å²) >= 11 is 0. The zero-order valence-electron chi connectivity index (χ0n) is 19.9. The molecule has 4 amide bonds. The molecule has 0 spiro atoms. The minimum atomic E-state index is -1.03. The van der Waals surface area contributed by atoms with E-state index in [2.05, 4.69) is 5.32 Å². The molecule has 1 heterocycles. The van der Waals surface area contributed by atoms with E-state index in [1.807, 2.05) is 6.92 Å². The first-order valence-corrected chi connectivity index (χ1v) is 11.5. The second-order valence-corrected chi connectivity index (χ2v) is 8.13. The van der Waals surface area contributed by atoms with Crippen LogP contribution in [0.4, 0.5) is 20.6 Å². The number of urea groups is 1. The van der Waals surface area contributed by atoms with Crippen molar-refractivity contribution >= 4 is 29.2 Å². The maximum atomic E-state index is 13.4. The van der Waals surface area contributed by atoms with Gasteiger partial charge in [-0.05, 0) is 73.2 Å². The van der Waals surface area contributed by atoms with Gasteiger partial charge in [0.05, 0.1) is 25.8 Å². The first-order valence-electron chi connectivity index (χ1n) is 11.5. The van der Waals surface area contributed by atoms with Crippen molar-refractivity contribution in [2.24, 2.45) is 0 Å². The van der Waals surface area contributed by atoms with Crippen LogP contribution < -0.4 is 19.7 Å². The monoisotopic (exact) mass is 491 g/mol. The molecular formula is C27H26FN3O5. The molecule has 1 fully saturated rings. The van der Waals surface area contributed by atoms with Gasteiger partial charge in [-0.2, -0.15) is 0 Å². The zero-order valence-corrected chi connectivity index (χ0v) is 19.9. The van der Waals surface area contributed by atoms with E-state index in [-0.39, 0.29) is 18.7 Å². The molecule has 4 rings (SSSR count). The number of rotatable bonds is 9. The summed E-state index contributed by atoms with van der Waals surface area (Å²) in [5.41, 5.74) is 1.53. The SMILES string of the molecule is CCOc1ccc(NC(=O)CC2C(=O)N(c3ccc(F)cc3)C(=O)N2Cc2ccc(OC)cc2)cc1. The first-order chi connectivity index (χ1) is 17.4. The molecule has 1 saturated heterocycles. The van der Waals surface area contributed by atoms with Crippen LogP contribution in [0.1, 0.15) is 18.9 Å². The molecule has 0 aromatic heterocycles. The predicted molar refractivity (Wildman–Crippen MR) is 132 cm³/mol. The van der Waals surface area contributed by atoms with E-state index in [4.69, 9.17) is 9.47 Å². The third kappa shape index (κ3) is 5.46. The normalized spacial score (nSPS) is 15.2. The average molecular weight is 492 g/mol. The van der Waals surface area contributed by atoms with Gasteiger partial charge in [0.1, 0.15) is 23.4 Å². The Hall–Kier alpha value is -4.40. The summed E-state index contributed by atoms with van der Waals surface area (Å²) in [6.07, 6.45) is -0.244. The second kappa shape index (κ2) is 10.9. The quantitative estimate of drug-likeness (QED) is 0.442. The Kier molecular flexibility index (Phi) is 7.48. The summed E-state index contributed by atoms with van der Waals surface area (Å²) in [6, 6.07) is 17.4. The van der Waals surface area contributed by atoms with Crippen LogP contribution in [0.3, 0.4) is 0 Å². The highest BCUT2D eigenvalue weighted by Crippen LogP contribution is 2.29. The van der Waals surface area contributed by atoms with E-state index >= 15 is 0 Å². The number of ether oxygens (including phenoxy) is 2. The maximum absolute atomic E-state index is 13.4. The van der Waals surface area contributed by atoms with E-state index in [9.17, 15) is 18.8 Å². The summed E-state index contributed by atoms with van der Waals surface area (Å²) in [5, 5.41) is 2.77. The lowest BCUT2D eigenvalue weighted by Crippen LogP contribution is -2.37. The van der Waals surface area contributed by atoms with Gasteiger partial charge in [0.15, 0.2) is 0 Å². The van der Waals surface area contributed by atoms with Crippen LogP contribution in [-0.4, -0.2) is 42.5 Å². The third-order valence-electron chi connectivity index (χ3n) is 5.74. The molecule has 36 heavy (non-hydrogen) atoms. The smallest absolute Gasteiger partial charge is 0.332 e. The van der Waals surface area contributed by atoms with Crippen LogP contribution in [0.15, 0.2) is 72.8 Å². The molecule has 1 unspecified atom stereocenters. The molecule has 0 aliphatic carbocycles. The summed E-state index contributed by atoms with van der Waals surface area (Å²) in [5.74, 6) is -0.137. The number of benzene rings is 3. The molecular weight excluding hydrogens is 465 g/mol. The van der Waals surface area contributed by atoms with Gasteiger partial charge in [0.25, 0.3) is 5.91 Å². The van der Waals surface area contributed by atoms with Gasteiger partial charge in [-0.1, -0.05) is 12.1 Å². The van der Waals surface area contributed by atoms with E-state index in [0.717, 1.165) is 10.5 Å². The fourth-order valence-corrected chi connectivity index (χ4v) is 3.96. The van der Waals surface area contributed by atoms with Gasteiger partial charge in [-0.25, -0.2) is 14.1 Å². The summed E-state index contributed by atoms with van der Waals surface area (Å²) in [4.78, 5) is 41.9. The molecule has 0 saturated carbocycles. The van der Waals surface area contributed by atoms with Crippen LogP contribution in [-0.2, 0) is 16.1 Å². The van der Waals surface area contributed by atoms with Gasteiger partial charge >= 0.3 is 6.03 Å². The van der Waals surface area contributed by atoms with Crippen LogP contribution in [0, 0.1) is 5.82 Å². The molecule has 1 aliphatic rings. The topological polar surface area (TPSA) is 88.2 Å². The van der Waals surface area contributed by atoms with Crippen molar-refractivity contribution in [3.63, 3.8) is 0 Å². The molecule has 1 aliphatic heterocycles. The number of imide groups is 1. The number of hydrogen-bond donors (Lipinski definition) is 1. The van der Waals surface area contributed by atoms with Crippen molar-refractivity contribution in [3.05, 3.63) is 84.2 Å². The van der Waals surface area contributed by atoms with Crippen molar-refractivity contribution in [2.45, 2.75) is 25.9 Å². The van der Waals surface area contributed by atoms with Crippen LogP contribution >= 0.6 is 0 Å². The lowest BCUT2D eigenvalue weighted by Gasteiger charge is -2.22. The lowest BCUT2D eigenvalue weighted by molar-refractivity contribution is -0.124. The second-order valence-electron chi connectivity index (χ2n) is 8.13. The Labute approximate surface area is 208 Å². The minimum Gasteiger partial charge on any atom is -0.497 e. The van der Waals surface area contributed by atoms with Gasteiger partial charge in [0.2, 0.25) is 5.91 Å². The zero-order chi connectivity index (χ0) is 25.7. The fourth-order valence-electron chi connectivity index (χ4n) is 3.96. The molecule has 3 aromatic rings. The first kappa shape index (κ1) is 24.7. The Morgan fingerprint density at radius 3 is 2.19 bits per heavy atom. The van der Waals surface area contributed by atoms with Crippen molar-refractivity contribution in [1.82, 2.24) is 4.90 Å². The molecule has 0 bridgehead atoms. The van der Waals surface area contributed by atoms with Gasteiger partial charge in [0, 0.05) is 12.2 Å². The molecule has 9 heteroatoms. The Bertz CT molecular complexity index is 1230. The Balaban J connectivity index is 1.56. The third-order valence-corrected chi connectivity index (χ3v) is 5.74. The number of amides is 4. The Morgan fingerprint density at radius 2 is 1.58 bits per heavy atom. The van der Waals surface area contributed by atoms with Gasteiger partial charge in [-0.3, -0.25) is 9.59 Å². The number of methoxy groups -OCH3 is 1. The van der Waals surface area contributed by atoms with Crippen molar-refractivity contribution in [1.29, 1.82) is 0 Å². The predicted octanol–water partition coefficient (Wildman–Crippen LogP) is 4.60. The number of carbonyl (C=O) groups excluding carboxylic acids is 3. The average Bonchev–Trinajstić information content (AvgIpc) is 3.10. The van der Waals surface area contributed by atoms with Gasteiger partial charge < -0.3 is 19.7 Å². The largest absolute Gasteiger partial charge is 0.497 e. The highest BCUT2D eigenvalue weighted by molar-refractivity contribution is 6.22. The summed E-state index contributed by atoms with van der Waals surface area (Å²) in [6.45, 7) is 2.51. The number of nitrogens with one attached hydrogen (secondary N) is 1. The number of halogens is 1. The standard InChI is InChI=1S/C27H26FN3O5/c1-3-36-23-14-8-20(9-15-23)29-25(32)16-24-26(33)31(21-10-6-19(28)7-11-21)27(34)30(24)17-18-4-12-22(35-2)13-5-18/h4-15,24H,3,16-17H2,1-2H3,(H,29,32). The molecule has 3 aromatic carbocycles. The number of hydrogen-bond acceptors (Lipinski definition) is 5. The molecule has 0 radical (unpaired) electrons. The molecule has 186 valence electrons. The highest BCUT2D eigenvalue weighted by Gasteiger charge is 2.46. The minimum absolute atomic E-state index is 0.104. The number of nitrogens with zero attached hydrogens (tertiary/aromatic N) is 2. The summed E-state index contributed by atoms with van der Waals surface area (Å²) < 4.78 is 24.0. The van der Waals surface area contributed by atoms with E-state index in [0.29, 0.717) is 23.8 Å². The molecule has 1 N–H and O–H groups in total. The van der Waals surface area contributed by atoms with Crippen molar-refractivity contribution < 1.29 is 28.2 Å². The van der Waals surface area contributed by atoms with E-state index in [1.165, 1.54) is 29.2 Å². The number of anilines is 2. The fraction of sp³-hybridized carbons (Fsp3) is 0.222. The van der Waals surface area contributed by atoms with E-state index in [1.54, 1.807) is 55.6 Å². The van der Waals surface area contributed by atoms with Crippen LogP contribution in [0.2, 0.25) is 0 Å². The van der Waals surface area contributed by atoms with Crippen molar-refractivity contribution in [3.8, 4) is 11.5 Å². The van der Waals surface area contributed by atoms with Crippen molar-refractivity contribution in [2.75, 3.05) is 23.9 Å². The van der Waals surface area contributed by atoms with Crippen LogP contribution in [0.25, 0.3) is 0 Å².